The zero-order valence-corrected chi connectivity index (χ0v) is 11.7. The lowest BCUT2D eigenvalue weighted by Crippen LogP contribution is -2.36. The van der Waals surface area contributed by atoms with Crippen LogP contribution in [-0.2, 0) is 10.2 Å². The number of para-hydroxylation sites is 1. The van der Waals surface area contributed by atoms with Crippen molar-refractivity contribution in [3.05, 3.63) is 23.8 Å². The lowest BCUT2D eigenvalue weighted by molar-refractivity contribution is -0.122. The van der Waals surface area contributed by atoms with Crippen molar-refractivity contribution in [1.29, 1.82) is 5.26 Å². The molecule has 1 aliphatic heterocycles. The summed E-state index contributed by atoms with van der Waals surface area (Å²) >= 11 is 1.65. The molecule has 4 heteroatoms. The van der Waals surface area contributed by atoms with Gasteiger partial charge in [-0.3, -0.25) is 4.79 Å². The Kier molecular flexibility index (Phi) is 3.36. The molecule has 2 rings (SSSR count). The summed E-state index contributed by atoms with van der Waals surface area (Å²) < 4.78 is 0. The maximum absolute atomic E-state index is 12.5. The number of rotatable bonds is 3. The number of hydrogen-bond donors (Lipinski definition) is 0. The second kappa shape index (κ2) is 4.66. The fraction of sp³-hybridized carbons (Fsp3) is 0.429. The fourth-order valence-electron chi connectivity index (χ4n) is 2.61. The Morgan fingerprint density at radius 1 is 1.50 bits per heavy atom. The van der Waals surface area contributed by atoms with Gasteiger partial charge in [0.25, 0.3) is 0 Å². The molecule has 1 unspecified atom stereocenters. The largest absolute Gasteiger partial charge is 0.313 e. The van der Waals surface area contributed by atoms with Gasteiger partial charge in [0.05, 0.1) is 17.2 Å². The van der Waals surface area contributed by atoms with E-state index >= 15 is 0 Å². The van der Waals surface area contributed by atoms with E-state index in [1.54, 1.807) is 16.7 Å². The molecule has 0 fully saturated rings. The topological polar surface area (TPSA) is 44.1 Å². The molecule has 0 spiro atoms. The molecule has 1 aromatic rings. The van der Waals surface area contributed by atoms with E-state index in [1.165, 1.54) is 0 Å². The third kappa shape index (κ3) is 1.70. The van der Waals surface area contributed by atoms with Crippen LogP contribution in [0.25, 0.3) is 0 Å². The van der Waals surface area contributed by atoms with E-state index < -0.39 is 5.41 Å². The number of nitriles is 1. The third-order valence-corrected chi connectivity index (χ3v) is 4.43. The van der Waals surface area contributed by atoms with Gasteiger partial charge in [0.1, 0.15) is 0 Å². The highest BCUT2D eigenvalue weighted by Gasteiger charge is 2.46. The van der Waals surface area contributed by atoms with E-state index in [2.05, 4.69) is 6.07 Å². The lowest BCUT2D eigenvalue weighted by atomic mass is 9.80. The Bertz CT molecular complexity index is 535. The number of amides is 1. The van der Waals surface area contributed by atoms with Gasteiger partial charge in [0.2, 0.25) is 5.91 Å². The van der Waals surface area contributed by atoms with Gasteiger partial charge in [-0.1, -0.05) is 12.1 Å². The number of carbonyl (C=O) groups is 1. The molecule has 0 aliphatic carbocycles. The number of carbonyl (C=O) groups excluding carboxylic acids is 1. The summed E-state index contributed by atoms with van der Waals surface area (Å²) in [7, 11) is 1.82. The molecule has 0 N–H and O–H groups in total. The monoisotopic (exact) mass is 260 g/mol. The standard InChI is InChI=1S/C14H16N2OS/c1-14(8-5-9-15)10-6-4-7-11(18-3)12(10)16(2)13(14)17/h4,6-7H,5,8H2,1-3H3. The van der Waals surface area contributed by atoms with E-state index in [-0.39, 0.29) is 5.91 Å². The van der Waals surface area contributed by atoms with Crippen LogP contribution in [-0.4, -0.2) is 19.2 Å². The summed E-state index contributed by atoms with van der Waals surface area (Å²) in [5.41, 5.74) is 1.51. The number of hydrogen-bond acceptors (Lipinski definition) is 3. The maximum Gasteiger partial charge on any atom is 0.237 e. The predicted octanol–water partition coefficient (Wildman–Crippen LogP) is 2.95. The molecule has 0 aromatic heterocycles. The number of benzene rings is 1. The van der Waals surface area contributed by atoms with Crippen LogP contribution in [0.4, 0.5) is 5.69 Å². The van der Waals surface area contributed by atoms with E-state index in [4.69, 9.17) is 5.26 Å². The first-order valence-corrected chi connectivity index (χ1v) is 7.11. The summed E-state index contributed by atoms with van der Waals surface area (Å²) in [5, 5.41) is 8.76. The molecule has 0 saturated heterocycles. The number of fused-ring (bicyclic) bond motifs is 1. The second-order valence-corrected chi connectivity index (χ2v) is 5.56. The van der Waals surface area contributed by atoms with Crippen LogP contribution in [0.15, 0.2) is 23.1 Å². The van der Waals surface area contributed by atoms with Crippen molar-refractivity contribution in [3.8, 4) is 6.07 Å². The van der Waals surface area contributed by atoms with Gasteiger partial charge in [0.15, 0.2) is 0 Å². The van der Waals surface area contributed by atoms with Crippen LogP contribution < -0.4 is 4.90 Å². The molecule has 1 amide bonds. The molecule has 1 aromatic carbocycles. The molecule has 1 heterocycles. The highest BCUT2D eigenvalue weighted by Crippen LogP contribution is 2.47. The predicted molar refractivity (Wildman–Crippen MR) is 73.8 cm³/mol. The number of anilines is 1. The Labute approximate surface area is 112 Å². The minimum Gasteiger partial charge on any atom is -0.313 e. The lowest BCUT2D eigenvalue weighted by Gasteiger charge is -2.21. The van der Waals surface area contributed by atoms with Crippen molar-refractivity contribution in [2.75, 3.05) is 18.2 Å². The smallest absolute Gasteiger partial charge is 0.237 e. The molecule has 0 radical (unpaired) electrons. The summed E-state index contributed by atoms with van der Waals surface area (Å²) in [6.07, 6.45) is 3.00. The van der Waals surface area contributed by atoms with Crippen LogP contribution in [0.1, 0.15) is 25.3 Å². The third-order valence-electron chi connectivity index (χ3n) is 3.66. The summed E-state index contributed by atoms with van der Waals surface area (Å²) in [6.45, 7) is 1.94. The van der Waals surface area contributed by atoms with Crippen LogP contribution in [0.5, 0.6) is 0 Å². The first kappa shape index (κ1) is 13.0. The molecular weight excluding hydrogens is 244 g/mol. The molecule has 94 valence electrons. The van der Waals surface area contributed by atoms with Gasteiger partial charge in [-0.05, 0) is 31.2 Å². The molecule has 0 saturated carbocycles. The maximum atomic E-state index is 12.5. The molecule has 18 heavy (non-hydrogen) atoms. The van der Waals surface area contributed by atoms with Crippen molar-refractivity contribution in [3.63, 3.8) is 0 Å². The van der Waals surface area contributed by atoms with Gasteiger partial charge in [-0.2, -0.15) is 5.26 Å². The van der Waals surface area contributed by atoms with Gasteiger partial charge in [-0.25, -0.2) is 0 Å². The normalized spacial score (nSPS) is 21.9. The molecule has 1 aliphatic rings. The minimum atomic E-state index is -0.550. The first-order valence-electron chi connectivity index (χ1n) is 5.89. The zero-order valence-electron chi connectivity index (χ0n) is 10.9. The highest BCUT2D eigenvalue weighted by molar-refractivity contribution is 7.98. The van der Waals surface area contributed by atoms with E-state index in [9.17, 15) is 4.79 Å². The highest BCUT2D eigenvalue weighted by atomic mass is 32.2. The van der Waals surface area contributed by atoms with E-state index in [0.29, 0.717) is 12.8 Å². The van der Waals surface area contributed by atoms with E-state index in [1.807, 2.05) is 38.4 Å². The average Bonchev–Trinajstić information content (AvgIpc) is 2.59. The van der Waals surface area contributed by atoms with Crippen molar-refractivity contribution in [1.82, 2.24) is 0 Å². The molecular formula is C14H16N2OS. The Morgan fingerprint density at radius 2 is 2.22 bits per heavy atom. The number of likely N-dealkylation sites (N-methyl/N-ethyl adjacent to an activating group) is 1. The molecule has 3 nitrogen and oxygen atoms in total. The van der Waals surface area contributed by atoms with Crippen LogP contribution in [0.2, 0.25) is 0 Å². The van der Waals surface area contributed by atoms with E-state index in [0.717, 1.165) is 16.1 Å². The summed E-state index contributed by atoms with van der Waals surface area (Å²) in [6, 6.07) is 8.17. The average molecular weight is 260 g/mol. The second-order valence-electron chi connectivity index (χ2n) is 4.71. The van der Waals surface area contributed by atoms with Gasteiger partial charge >= 0.3 is 0 Å². The first-order chi connectivity index (χ1) is 8.56. The van der Waals surface area contributed by atoms with Crippen molar-refractivity contribution < 1.29 is 4.79 Å². The molecule has 0 bridgehead atoms. The van der Waals surface area contributed by atoms with Crippen LogP contribution in [0, 0.1) is 11.3 Å². The zero-order chi connectivity index (χ0) is 13.3. The van der Waals surface area contributed by atoms with Crippen LogP contribution in [0.3, 0.4) is 0 Å². The SMILES string of the molecule is CSc1cccc2c1N(C)C(=O)C2(C)CCC#N. The van der Waals surface area contributed by atoms with Crippen molar-refractivity contribution >= 4 is 23.4 Å². The number of nitrogens with zero attached hydrogens (tertiary/aromatic N) is 2. The molecule has 1 atom stereocenters. The van der Waals surface area contributed by atoms with Crippen LogP contribution >= 0.6 is 11.8 Å². The fourth-order valence-corrected chi connectivity index (χ4v) is 3.27. The Morgan fingerprint density at radius 3 is 2.83 bits per heavy atom. The Balaban J connectivity index is 2.56. The minimum absolute atomic E-state index is 0.0919. The summed E-state index contributed by atoms with van der Waals surface area (Å²) in [5.74, 6) is 0.0919. The summed E-state index contributed by atoms with van der Waals surface area (Å²) in [4.78, 5) is 15.3. The van der Waals surface area contributed by atoms with Crippen molar-refractivity contribution in [2.45, 2.75) is 30.1 Å². The van der Waals surface area contributed by atoms with Gasteiger partial charge in [-0.15, -0.1) is 11.8 Å². The van der Waals surface area contributed by atoms with Gasteiger partial charge < -0.3 is 4.90 Å². The number of thioether (sulfide) groups is 1. The Hall–Kier alpha value is -1.47. The van der Waals surface area contributed by atoms with Crippen molar-refractivity contribution in [2.24, 2.45) is 0 Å². The quantitative estimate of drug-likeness (QED) is 0.785. The van der Waals surface area contributed by atoms with Gasteiger partial charge in [0, 0.05) is 18.4 Å².